The van der Waals surface area contributed by atoms with Gasteiger partial charge in [-0.2, -0.15) is 0 Å². The Bertz CT molecular complexity index is 121. The molecule has 0 radical (unpaired) electrons. The fourth-order valence-electron chi connectivity index (χ4n) is 3.21. The first kappa shape index (κ1) is 14.8. The Hall–Kier alpha value is 0.799. The van der Waals surface area contributed by atoms with Crippen molar-refractivity contribution in [2.75, 3.05) is 0 Å². The fourth-order valence-corrected chi connectivity index (χ4v) is 21.5. The molecule has 0 spiro atoms. The normalized spacial score (nSPS) is 13.3. The van der Waals surface area contributed by atoms with E-state index in [4.69, 9.17) is 0 Å². The summed E-state index contributed by atoms with van der Waals surface area (Å²) < 4.78 is 4.77. The SMILES string of the molecule is CC(C)[CH2][Sn]([CH3])([CH2]C(C)C)[CH2]C(C)C. The second-order valence-corrected chi connectivity index (χ2v) is 20.4. The van der Waals surface area contributed by atoms with E-state index in [-0.39, 0.29) is 0 Å². The van der Waals surface area contributed by atoms with Crippen molar-refractivity contribution >= 4 is 18.4 Å². The van der Waals surface area contributed by atoms with E-state index in [0.717, 1.165) is 17.8 Å². The molecule has 0 saturated carbocycles. The Morgan fingerprint density at radius 2 is 0.857 bits per heavy atom. The molecule has 0 aliphatic heterocycles. The molecular formula is C13H30Sn. The molecule has 0 aromatic heterocycles. The van der Waals surface area contributed by atoms with E-state index < -0.39 is 18.4 Å². The maximum atomic E-state index is 2.69. The molecule has 0 rings (SSSR count). The molecule has 0 aromatic rings. The van der Waals surface area contributed by atoms with Crippen molar-refractivity contribution in [1.29, 1.82) is 0 Å². The van der Waals surface area contributed by atoms with Crippen LogP contribution in [-0.2, 0) is 0 Å². The maximum absolute atomic E-state index is 2.69. The zero-order valence-corrected chi connectivity index (χ0v) is 14.2. The van der Waals surface area contributed by atoms with Crippen LogP contribution >= 0.6 is 0 Å². The first-order valence-electron chi connectivity index (χ1n) is 6.25. The minimum atomic E-state index is -1.71. The van der Waals surface area contributed by atoms with Crippen molar-refractivity contribution in [3.8, 4) is 0 Å². The summed E-state index contributed by atoms with van der Waals surface area (Å²) in [5, 5.41) is 0. The Morgan fingerprint density at radius 1 is 0.643 bits per heavy atom. The van der Waals surface area contributed by atoms with Crippen molar-refractivity contribution in [3.63, 3.8) is 0 Å². The first-order valence-corrected chi connectivity index (χ1v) is 15.2. The second kappa shape index (κ2) is 6.40. The van der Waals surface area contributed by atoms with E-state index in [1.807, 2.05) is 0 Å². The molecule has 0 aliphatic rings. The van der Waals surface area contributed by atoms with Crippen molar-refractivity contribution < 1.29 is 0 Å². The van der Waals surface area contributed by atoms with Crippen molar-refractivity contribution in [3.05, 3.63) is 0 Å². The van der Waals surface area contributed by atoms with Gasteiger partial charge in [0, 0.05) is 0 Å². The van der Waals surface area contributed by atoms with Gasteiger partial charge >= 0.3 is 95.9 Å². The number of hydrogen-bond donors (Lipinski definition) is 0. The van der Waals surface area contributed by atoms with Gasteiger partial charge in [-0.1, -0.05) is 0 Å². The molecule has 0 amide bonds. The van der Waals surface area contributed by atoms with Crippen LogP contribution in [0.15, 0.2) is 0 Å². The molecule has 0 aliphatic carbocycles. The van der Waals surface area contributed by atoms with E-state index in [0.29, 0.717) is 0 Å². The molecule has 1 heteroatoms. The summed E-state index contributed by atoms with van der Waals surface area (Å²) in [4.78, 5) is 2.69. The topological polar surface area (TPSA) is 0 Å². The van der Waals surface area contributed by atoms with Gasteiger partial charge in [0.1, 0.15) is 0 Å². The summed E-state index contributed by atoms with van der Waals surface area (Å²) in [7, 11) is 0. The Balaban J connectivity index is 4.32. The molecule has 14 heavy (non-hydrogen) atoms. The van der Waals surface area contributed by atoms with Gasteiger partial charge in [0.25, 0.3) is 0 Å². The number of rotatable bonds is 6. The van der Waals surface area contributed by atoms with Crippen molar-refractivity contribution in [2.24, 2.45) is 17.8 Å². The van der Waals surface area contributed by atoms with Crippen LogP contribution in [0.4, 0.5) is 0 Å². The zero-order valence-electron chi connectivity index (χ0n) is 11.4. The summed E-state index contributed by atoms with van der Waals surface area (Å²) in [5.74, 6) is 2.77. The van der Waals surface area contributed by atoms with E-state index in [1.165, 1.54) is 0 Å². The van der Waals surface area contributed by atoms with Crippen LogP contribution in [-0.4, -0.2) is 18.4 Å². The van der Waals surface area contributed by atoms with Gasteiger partial charge < -0.3 is 0 Å². The van der Waals surface area contributed by atoms with E-state index in [2.05, 4.69) is 46.5 Å². The zero-order chi connectivity index (χ0) is 11.4. The van der Waals surface area contributed by atoms with Crippen LogP contribution in [0.1, 0.15) is 41.5 Å². The third-order valence-electron chi connectivity index (χ3n) is 2.70. The van der Waals surface area contributed by atoms with Gasteiger partial charge in [0.2, 0.25) is 0 Å². The van der Waals surface area contributed by atoms with Crippen molar-refractivity contribution in [2.45, 2.75) is 59.8 Å². The molecule has 0 saturated heterocycles. The van der Waals surface area contributed by atoms with Gasteiger partial charge in [-0.05, 0) is 0 Å². The quantitative estimate of drug-likeness (QED) is 0.604. The Labute approximate surface area is 95.7 Å². The summed E-state index contributed by atoms with van der Waals surface area (Å²) in [6.45, 7) is 14.4. The Kier molecular flexibility index (Phi) is 6.76. The molecule has 0 bridgehead atoms. The molecule has 86 valence electrons. The average Bonchev–Trinajstić information content (AvgIpc) is 1.76. The molecule has 0 unspecified atom stereocenters. The predicted molar refractivity (Wildman–Crippen MR) is 70.6 cm³/mol. The third kappa shape index (κ3) is 7.14. The van der Waals surface area contributed by atoms with E-state index >= 15 is 0 Å². The number of hydrogen-bond acceptors (Lipinski definition) is 0. The average molecular weight is 305 g/mol. The molecule has 0 fully saturated rings. The van der Waals surface area contributed by atoms with Gasteiger partial charge in [-0.15, -0.1) is 0 Å². The molecule has 0 heterocycles. The van der Waals surface area contributed by atoms with Gasteiger partial charge in [-0.3, -0.25) is 0 Å². The molecule has 0 aromatic carbocycles. The fraction of sp³-hybridized carbons (Fsp3) is 1.00. The van der Waals surface area contributed by atoms with Crippen LogP contribution in [0.25, 0.3) is 0 Å². The summed E-state index contributed by atoms with van der Waals surface area (Å²) >= 11 is -1.71. The van der Waals surface area contributed by atoms with Crippen LogP contribution in [0.2, 0.25) is 18.2 Å². The van der Waals surface area contributed by atoms with Crippen molar-refractivity contribution in [1.82, 2.24) is 0 Å². The molecular weight excluding hydrogens is 275 g/mol. The van der Waals surface area contributed by atoms with Crippen LogP contribution in [0.5, 0.6) is 0 Å². The Morgan fingerprint density at radius 3 is 1.00 bits per heavy atom. The van der Waals surface area contributed by atoms with Crippen LogP contribution in [0, 0.1) is 17.8 Å². The minimum absolute atomic E-state index is 0.924. The third-order valence-corrected chi connectivity index (χ3v) is 18.1. The molecule has 0 nitrogen and oxygen atoms in total. The van der Waals surface area contributed by atoms with Gasteiger partial charge in [0.05, 0.1) is 0 Å². The predicted octanol–water partition coefficient (Wildman–Crippen LogP) is 5.03. The van der Waals surface area contributed by atoms with E-state index in [1.54, 1.807) is 13.3 Å². The van der Waals surface area contributed by atoms with E-state index in [9.17, 15) is 0 Å². The molecule has 0 N–H and O–H groups in total. The van der Waals surface area contributed by atoms with Gasteiger partial charge in [-0.25, -0.2) is 0 Å². The summed E-state index contributed by atoms with van der Waals surface area (Å²) in [6, 6.07) is 0. The van der Waals surface area contributed by atoms with Crippen LogP contribution < -0.4 is 0 Å². The first-order chi connectivity index (χ1) is 6.25. The second-order valence-electron chi connectivity index (χ2n) is 6.60. The monoisotopic (exact) mass is 306 g/mol. The van der Waals surface area contributed by atoms with Gasteiger partial charge in [0.15, 0.2) is 0 Å². The summed E-state index contributed by atoms with van der Waals surface area (Å²) in [6.07, 6.45) is 0. The standard InChI is InChI=1S/3C4H9.CH3.Sn/c3*1-4(2)3;;/h3*4H,1H2,2-3H3;1H3;. The molecule has 0 atom stereocenters. The van der Waals surface area contributed by atoms with Crippen LogP contribution in [0.3, 0.4) is 0 Å². The summed E-state index contributed by atoms with van der Waals surface area (Å²) in [5.41, 5.74) is 0.